The van der Waals surface area contributed by atoms with E-state index in [1.165, 1.54) is 5.57 Å². The Morgan fingerprint density at radius 2 is 1.85 bits per heavy atom. The van der Waals surface area contributed by atoms with Gasteiger partial charge in [-0.2, -0.15) is 4.31 Å². The predicted molar refractivity (Wildman–Crippen MR) is 82.1 cm³/mol. The van der Waals surface area contributed by atoms with Crippen molar-refractivity contribution in [1.82, 2.24) is 4.31 Å². The summed E-state index contributed by atoms with van der Waals surface area (Å²) >= 11 is 0. The lowest BCUT2D eigenvalue weighted by Crippen LogP contribution is -2.42. The summed E-state index contributed by atoms with van der Waals surface area (Å²) in [6.45, 7) is 6.62. The molecule has 0 aromatic heterocycles. The van der Waals surface area contributed by atoms with Crippen molar-refractivity contribution in [1.29, 1.82) is 0 Å². The first-order valence-corrected chi connectivity index (χ1v) is 8.59. The second kappa shape index (κ2) is 6.10. The summed E-state index contributed by atoms with van der Waals surface area (Å²) < 4.78 is 27.2. The Balaban J connectivity index is 2.35. The van der Waals surface area contributed by atoms with E-state index in [0.29, 0.717) is 11.4 Å². The monoisotopic (exact) mass is 293 g/mol. The van der Waals surface area contributed by atoms with E-state index in [0.717, 1.165) is 24.8 Å². The molecule has 0 bridgehead atoms. The van der Waals surface area contributed by atoms with Crippen molar-refractivity contribution in [3.63, 3.8) is 0 Å². The van der Waals surface area contributed by atoms with Gasteiger partial charge in [-0.05, 0) is 45.7 Å². The van der Waals surface area contributed by atoms with Crippen LogP contribution < -0.4 is 0 Å². The quantitative estimate of drug-likeness (QED) is 0.800. The fourth-order valence-electron chi connectivity index (χ4n) is 2.63. The minimum atomic E-state index is -3.38. The zero-order valence-corrected chi connectivity index (χ0v) is 13.3. The van der Waals surface area contributed by atoms with E-state index in [2.05, 4.69) is 6.08 Å². The summed E-state index contributed by atoms with van der Waals surface area (Å²) in [4.78, 5) is 0.400. The lowest BCUT2D eigenvalue weighted by atomic mass is 10.0. The second-order valence-electron chi connectivity index (χ2n) is 5.74. The highest BCUT2D eigenvalue weighted by atomic mass is 32.2. The Hall–Kier alpha value is -1.13. The van der Waals surface area contributed by atoms with E-state index >= 15 is 0 Å². The first kappa shape index (κ1) is 15.3. The predicted octanol–water partition coefficient (Wildman–Crippen LogP) is 3.50. The third-order valence-corrected chi connectivity index (χ3v) is 5.59. The first-order valence-electron chi connectivity index (χ1n) is 7.15. The number of nitrogens with zero attached hydrogens (tertiary/aromatic N) is 1. The van der Waals surface area contributed by atoms with Crippen molar-refractivity contribution in [2.75, 3.05) is 6.54 Å². The number of hydrogen-bond donors (Lipinski definition) is 0. The molecule has 0 aliphatic carbocycles. The van der Waals surface area contributed by atoms with Crippen LogP contribution in [0.5, 0.6) is 0 Å². The van der Waals surface area contributed by atoms with Crippen LogP contribution >= 0.6 is 0 Å². The molecular weight excluding hydrogens is 270 g/mol. The van der Waals surface area contributed by atoms with Crippen molar-refractivity contribution in [2.45, 2.75) is 51.0 Å². The molecule has 1 aromatic rings. The molecule has 3 nitrogen and oxygen atoms in total. The van der Waals surface area contributed by atoms with Crippen molar-refractivity contribution >= 4 is 10.0 Å². The molecule has 1 heterocycles. The number of hydrogen-bond acceptors (Lipinski definition) is 2. The second-order valence-corrected chi connectivity index (χ2v) is 7.63. The van der Waals surface area contributed by atoms with E-state index in [9.17, 15) is 8.42 Å². The van der Waals surface area contributed by atoms with Crippen LogP contribution in [-0.2, 0) is 10.0 Å². The molecule has 1 atom stereocenters. The molecule has 4 heteroatoms. The Morgan fingerprint density at radius 3 is 2.45 bits per heavy atom. The lowest BCUT2D eigenvalue weighted by Gasteiger charge is -2.33. The highest BCUT2D eigenvalue weighted by Gasteiger charge is 2.32. The standard InChI is InChI=1S/C16H23NO2S/c1-13(2)12-15-6-4-5-11-17(15)20(18,19)16-9-7-14(3)8-10-16/h7-10,12,15H,4-6,11H2,1-3H3. The van der Waals surface area contributed by atoms with Gasteiger partial charge in [0.15, 0.2) is 0 Å². The van der Waals surface area contributed by atoms with Crippen molar-refractivity contribution < 1.29 is 8.42 Å². The normalized spacial score (nSPS) is 20.6. The van der Waals surface area contributed by atoms with Gasteiger partial charge in [-0.25, -0.2) is 8.42 Å². The molecule has 1 fully saturated rings. The molecule has 1 unspecified atom stereocenters. The van der Waals surface area contributed by atoms with Gasteiger partial charge in [0.25, 0.3) is 0 Å². The topological polar surface area (TPSA) is 37.4 Å². The van der Waals surface area contributed by atoms with Crippen molar-refractivity contribution in [3.8, 4) is 0 Å². The van der Waals surface area contributed by atoms with Gasteiger partial charge in [-0.1, -0.05) is 35.8 Å². The van der Waals surface area contributed by atoms with Crippen molar-refractivity contribution in [3.05, 3.63) is 41.5 Å². The third kappa shape index (κ3) is 3.30. The Kier molecular flexibility index (Phi) is 4.66. The summed E-state index contributed by atoms with van der Waals surface area (Å²) in [6, 6.07) is 7.12. The minimum Gasteiger partial charge on any atom is -0.207 e. The van der Waals surface area contributed by atoms with E-state index in [-0.39, 0.29) is 6.04 Å². The largest absolute Gasteiger partial charge is 0.243 e. The smallest absolute Gasteiger partial charge is 0.207 e. The molecule has 0 radical (unpaired) electrons. The maximum Gasteiger partial charge on any atom is 0.243 e. The van der Waals surface area contributed by atoms with Crippen LogP contribution in [0.25, 0.3) is 0 Å². The Bertz CT molecular complexity index is 583. The zero-order valence-electron chi connectivity index (χ0n) is 12.5. The number of piperidine rings is 1. The van der Waals surface area contributed by atoms with Crippen LogP contribution in [0.3, 0.4) is 0 Å². The van der Waals surface area contributed by atoms with Gasteiger partial charge >= 0.3 is 0 Å². The molecular formula is C16H23NO2S. The van der Waals surface area contributed by atoms with E-state index in [1.807, 2.05) is 32.9 Å². The molecule has 1 aromatic carbocycles. The fourth-order valence-corrected chi connectivity index (χ4v) is 4.27. The molecule has 2 rings (SSSR count). The number of allylic oxidation sites excluding steroid dienone is 1. The number of aryl methyl sites for hydroxylation is 1. The Labute approximate surface area is 122 Å². The highest BCUT2D eigenvalue weighted by Crippen LogP contribution is 2.26. The highest BCUT2D eigenvalue weighted by molar-refractivity contribution is 7.89. The molecule has 0 spiro atoms. The third-order valence-electron chi connectivity index (χ3n) is 3.65. The van der Waals surface area contributed by atoms with Crippen molar-refractivity contribution in [2.24, 2.45) is 0 Å². The van der Waals surface area contributed by atoms with Gasteiger partial charge in [0.1, 0.15) is 0 Å². The van der Waals surface area contributed by atoms with E-state index in [4.69, 9.17) is 0 Å². The van der Waals surface area contributed by atoms with Crippen LogP contribution in [-0.4, -0.2) is 25.3 Å². The molecule has 1 aliphatic rings. The molecule has 20 heavy (non-hydrogen) atoms. The summed E-state index contributed by atoms with van der Waals surface area (Å²) in [5, 5.41) is 0. The molecule has 1 saturated heterocycles. The molecule has 0 amide bonds. The molecule has 110 valence electrons. The van der Waals surface area contributed by atoms with E-state index < -0.39 is 10.0 Å². The maximum absolute atomic E-state index is 12.8. The minimum absolute atomic E-state index is 0.0000491. The molecule has 0 N–H and O–H groups in total. The number of sulfonamides is 1. The average Bonchev–Trinajstić information content (AvgIpc) is 2.39. The fraction of sp³-hybridized carbons (Fsp3) is 0.500. The van der Waals surface area contributed by atoms with Gasteiger partial charge in [0.05, 0.1) is 4.90 Å². The van der Waals surface area contributed by atoms with Gasteiger partial charge in [0, 0.05) is 12.6 Å². The number of benzene rings is 1. The number of rotatable bonds is 3. The summed E-state index contributed by atoms with van der Waals surface area (Å²) in [6.07, 6.45) is 5.02. The zero-order chi connectivity index (χ0) is 14.8. The summed E-state index contributed by atoms with van der Waals surface area (Å²) in [7, 11) is -3.38. The van der Waals surface area contributed by atoms with Gasteiger partial charge in [-0.3, -0.25) is 0 Å². The van der Waals surface area contributed by atoms with Gasteiger partial charge < -0.3 is 0 Å². The van der Waals surface area contributed by atoms with Crippen LogP contribution in [0.4, 0.5) is 0 Å². The van der Waals surface area contributed by atoms with Crippen LogP contribution in [0.1, 0.15) is 38.7 Å². The van der Waals surface area contributed by atoms with Gasteiger partial charge in [-0.15, -0.1) is 0 Å². The summed E-state index contributed by atoms with van der Waals surface area (Å²) in [5.74, 6) is 0. The Morgan fingerprint density at radius 1 is 1.20 bits per heavy atom. The molecule has 0 saturated carbocycles. The van der Waals surface area contributed by atoms with Gasteiger partial charge in [0.2, 0.25) is 10.0 Å². The van der Waals surface area contributed by atoms with Crippen LogP contribution in [0.15, 0.2) is 40.8 Å². The van der Waals surface area contributed by atoms with Crippen LogP contribution in [0.2, 0.25) is 0 Å². The first-order chi connectivity index (χ1) is 9.41. The average molecular weight is 293 g/mol. The molecule has 1 aliphatic heterocycles. The lowest BCUT2D eigenvalue weighted by molar-refractivity contribution is 0.291. The maximum atomic E-state index is 12.8. The summed E-state index contributed by atoms with van der Waals surface area (Å²) in [5.41, 5.74) is 2.24. The van der Waals surface area contributed by atoms with Crippen LogP contribution in [0, 0.1) is 6.92 Å². The van der Waals surface area contributed by atoms with E-state index in [1.54, 1.807) is 16.4 Å². The SMILES string of the molecule is CC(C)=CC1CCCCN1S(=O)(=O)c1ccc(C)cc1.